The minimum atomic E-state index is -1.99. The number of carboxylic acids is 1. The molecule has 10 rings (SSSR count). The number of aliphatic hydroxyl groups excluding tert-OH is 13. The van der Waals surface area contributed by atoms with Crippen molar-refractivity contribution in [2.75, 3.05) is 19.8 Å². The lowest BCUT2D eigenvalue weighted by Gasteiger charge is -2.71. The standard InChI is InChI=1S/C57H90O26/c1-22-41(79-46-37(67)32(62)25(58)19-74-46)42(80-47-38(68)33(63)26(59)20-75-47)40(70)49(77-22)82-44-34(64)27(60)21-76-50(44)83-51(73)57-16-15-52(2,3)17-24(57)23-9-10-29-54(6)13-12-31(78-48-39(69)35(65)36(66)43(81-48)45(71)72)53(4,5)28(54)11-14-55(29,7)56(23,8)18-30(57)61/h9,22,24-44,46-50,58-70H,10-21H2,1-8H3,(H,71,72). The molecule has 0 aromatic heterocycles. The summed E-state index contributed by atoms with van der Waals surface area (Å²) in [6, 6.07) is 0. The summed E-state index contributed by atoms with van der Waals surface area (Å²) in [5.41, 5.74) is -2.65. The third kappa shape index (κ3) is 10.6. The fourth-order valence-electron chi connectivity index (χ4n) is 17.2. The molecule has 83 heavy (non-hydrogen) atoms. The van der Waals surface area contributed by atoms with Crippen molar-refractivity contribution in [1.82, 2.24) is 0 Å². The van der Waals surface area contributed by atoms with Gasteiger partial charge in [0.2, 0.25) is 6.29 Å². The number of ether oxygens (including phenoxy) is 10. The van der Waals surface area contributed by atoms with Gasteiger partial charge in [0.1, 0.15) is 90.9 Å². The molecule has 5 heterocycles. The van der Waals surface area contributed by atoms with Gasteiger partial charge in [0.15, 0.2) is 37.4 Å². The van der Waals surface area contributed by atoms with Crippen molar-refractivity contribution in [2.45, 2.75) is 261 Å². The van der Waals surface area contributed by atoms with Crippen molar-refractivity contribution in [3.63, 3.8) is 0 Å². The Morgan fingerprint density at radius 1 is 0.542 bits per heavy atom. The lowest BCUT2D eigenvalue weighted by molar-refractivity contribution is -0.388. The normalized spacial score (nSPS) is 54.2. The molecule has 0 amide bonds. The number of fused-ring (bicyclic) bond motifs is 7. The van der Waals surface area contributed by atoms with E-state index in [0.29, 0.717) is 32.1 Å². The van der Waals surface area contributed by atoms with Gasteiger partial charge in [0, 0.05) is 0 Å². The molecule has 0 aromatic rings. The number of esters is 1. The molecule has 474 valence electrons. The smallest absolute Gasteiger partial charge is 0.335 e. The number of hydrogen-bond acceptors (Lipinski definition) is 25. The molecule has 31 unspecified atom stereocenters. The predicted octanol–water partition coefficient (Wildman–Crippen LogP) is -2.20. The number of carboxylic acid groups (broad SMARTS) is 1. The first-order chi connectivity index (χ1) is 38.7. The maximum atomic E-state index is 15.5. The number of carbonyl (C=O) groups excluding carboxylic acids is 1. The number of carbonyl (C=O) groups is 2. The van der Waals surface area contributed by atoms with E-state index in [4.69, 9.17) is 47.4 Å². The lowest BCUT2D eigenvalue weighted by Crippen LogP contribution is -2.68. The maximum absolute atomic E-state index is 15.5. The van der Waals surface area contributed by atoms with Crippen molar-refractivity contribution in [3.8, 4) is 0 Å². The lowest BCUT2D eigenvalue weighted by atomic mass is 9.33. The molecular formula is C57H90O26. The Morgan fingerprint density at radius 3 is 1.71 bits per heavy atom. The number of rotatable bonds is 11. The zero-order chi connectivity index (χ0) is 60.6. The van der Waals surface area contributed by atoms with E-state index < -0.39 is 207 Å². The van der Waals surface area contributed by atoms with E-state index in [2.05, 4.69) is 54.5 Å². The van der Waals surface area contributed by atoms with Gasteiger partial charge < -0.3 is 119 Å². The van der Waals surface area contributed by atoms with Gasteiger partial charge in [-0.25, -0.2) is 4.79 Å². The molecule has 5 saturated heterocycles. The number of hydrogen-bond donors (Lipinski definition) is 14. The summed E-state index contributed by atoms with van der Waals surface area (Å²) >= 11 is 0. The van der Waals surface area contributed by atoms with Crippen molar-refractivity contribution < 1.29 is 128 Å². The van der Waals surface area contributed by atoms with E-state index in [0.717, 1.165) is 18.4 Å². The Bertz CT molecular complexity index is 2380. The van der Waals surface area contributed by atoms with Gasteiger partial charge >= 0.3 is 11.9 Å². The topological polar surface area (TPSA) is 410 Å². The second kappa shape index (κ2) is 23.0. The van der Waals surface area contributed by atoms with Gasteiger partial charge in [-0.15, -0.1) is 0 Å². The van der Waals surface area contributed by atoms with Crippen LogP contribution in [0.15, 0.2) is 11.6 Å². The fraction of sp³-hybridized carbons (Fsp3) is 0.930. The summed E-state index contributed by atoms with van der Waals surface area (Å²) in [7, 11) is 0. The zero-order valence-electron chi connectivity index (χ0n) is 48.3. The highest BCUT2D eigenvalue weighted by molar-refractivity contribution is 5.80. The van der Waals surface area contributed by atoms with Crippen LogP contribution in [-0.4, -0.2) is 251 Å². The quantitative estimate of drug-likeness (QED) is 0.0593. The van der Waals surface area contributed by atoms with Crippen molar-refractivity contribution in [1.29, 1.82) is 0 Å². The summed E-state index contributed by atoms with van der Waals surface area (Å²) in [4.78, 5) is 27.5. The largest absolute Gasteiger partial charge is 0.479 e. The molecular weight excluding hydrogens is 1100 g/mol. The Labute approximate surface area is 481 Å². The summed E-state index contributed by atoms with van der Waals surface area (Å²) in [6.45, 7) is 15.3. The van der Waals surface area contributed by atoms with Crippen molar-refractivity contribution in [3.05, 3.63) is 11.6 Å². The molecule has 26 nitrogen and oxygen atoms in total. The van der Waals surface area contributed by atoms with Crippen LogP contribution in [0.25, 0.3) is 0 Å². The molecule has 4 saturated carbocycles. The second-order valence-electron chi connectivity index (χ2n) is 27.9. The third-order valence-electron chi connectivity index (χ3n) is 22.3. The minimum absolute atomic E-state index is 0.0583. The second-order valence-corrected chi connectivity index (χ2v) is 27.9. The Morgan fingerprint density at radius 2 is 1.10 bits per heavy atom. The highest BCUT2D eigenvalue weighted by atomic mass is 16.8. The van der Waals surface area contributed by atoms with Crippen molar-refractivity contribution in [2.24, 2.45) is 50.2 Å². The molecule has 14 N–H and O–H groups in total. The third-order valence-corrected chi connectivity index (χ3v) is 22.3. The summed E-state index contributed by atoms with van der Waals surface area (Å²) in [5.74, 6) is -2.71. The SMILES string of the molecule is CC1OC(OC2C(OC(=O)C34CCC(C)(C)CC3C3=CCC5C6(C)CCC(OC7OC(C(=O)O)C(O)C(O)C7O)C(C)(C)C6CCC5(C)C3(C)CC4O)OCC(O)C2O)C(O)C(OC2OCC(O)C(O)C2O)C1OC1OCC(O)C(O)C1O. The van der Waals surface area contributed by atoms with E-state index in [1.165, 1.54) is 6.92 Å². The Kier molecular flexibility index (Phi) is 17.7. The summed E-state index contributed by atoms with van der Waals surface area (Å²) in [5, 5.41) is 152. The van der Waals surface area contributed by atoms with Crippen LogP contribution in [0, 0.1) is 50.2 Å². The number of allylic oxidation sites excluding steroid dienone is 2. The van der Waals surface area contributed by atoms with Gasteiger partial charge in [-0.1, -0.05) is 60.1 Å². The molecule has 0 aromatic carbocycles. The zero-order valence-corrected chi connectivity index (χ0v) is 48.3. The van der Waals surface area contributed by atoms with Crippen LogP contribution in [0.1, 0.15) is 113 Å². The summed E-state index contributed by atoms with van der Waals surface area (Å²) < 4.78 is 59.7. The highest BCUT2D eigenvalue weighted by Crippen LogP contribution is 2.76. The average molecular weight is 1190 g/mol. The number of aliphatic hydroxyl groups is 13. The molecule has 31 atom stereocenters. The Hall–Kier alpha value is -2.20. The van der Waals surface area contributed by atoms with Crippen LogP contribution in [0.3, 0.4) is 0 Å². The first-order valence-electron chi connectivity index (χ1n) is 29.5. The van der Waals surface area contributed by atoms with Gasteiger partial charge in [-0.3, -0.25) is 4.79 Å². The predicted molar refractivity (Wildman–Crippen MR) is 278 cm³/mol. The fourth-order valence-corrected chi connectivity index (χ4v) is 17.2. The molecule has 0 spiro atoms. The average Bonchev–Trinajstić information content (AvgIpc) is 0.929. The van der Waals surface area contributed by atoms with Gasteiger partial charge in [-0.05, 0) is 110 Å². The van der Waals surface area contributed by atoms with Gasteiger partial charge in [0.25, 0.3) is 0 Å². The molecule has 26 heteroatoms. The molecule has 5 aliphatic carbocycles. The van der Waals surface area contributed by atoms with Crippen LogP contribution >= 0.6 is 0 Å². The van der Waals surface area contributed by atoms with E-state index in [9.17, 15) is 76.3 Å². The van der Waals surface area contributed by atoms with Crippen molar-refractivity contribution >= 4 is 11.9 Å². The van der Waals surface area contributed by atoms with E-state index in [1.807, 2.05) is 0 Å². The molecule has 0 radical (unpaired) electrons. The van der Waals surface area contributed by atoms with Crippen LogP contribution in [0.4, 0.5) is 0 Å². The first kappa shape index (κ1) is 63.8. The highest BCUT2D eigenvalue weighted by Gasteiger charge is 2.72. The van der Waals surface area contributed by atoms with Gasteiger partial charge in [-0.2, -0.15) is 0 Å². The van der Waals surface area contributed by atoms with E-state index in [1.54, 1.807) is 0 Å². The van der Waals surface area contributed by atoms with Crippen LogP contribution < -0.4 is 0 Å². The number of aliphatic carboxylic acids is 1. The Balaban J connectivity index is 0.899. The first-order valence-corrected chi connectivity index (χ1v) is 29.5. The minimum Gasteiger partial charge on any atom is -0.479 e. The monoisotopic (exact) mass is 1190 g/mol. The molecule has 10 aliphatic rings. The maximum Gasteiger partial charge on any atom is 0.335 e. The van der Waals surface area contributed by atoms with Crippen LogP contribution in [0.2, 0.25) is 0 Å². The molecule has 0 bridgehead atoms. The van der Waals surface area contributed by atoms with E-state index in [-0.39, 0.29) is 35.5 Å². The van der Waals surface area contributed by atoms with Crippen LogP contribution in [0.5, 0.6) is 0 Å². The molecule has 9 fully saturated rings. The van der Waals surface area contributed by atoms with Crippen LogP contribution in [-0.2, 0) is 57.0 Å². The molecule has 5 aliphatic heterocycles. The summed E-state index contributed by atoms with van der Waals surface area (Å²) in [6.07, 6.45) is -32.0. The van der Waals surface area contributed by atoms with E-state index >= 15 is 4.79 Å². The van der Waals surface area contributed by atoms with Gasteiger partial charge in [0.05, 0.1) is 38.1 Å².